The third kappa shape index (κ3) is 4.80. The van der Waals surface area contributed by atoms with E-state index in [0.29, 0.717) is 12.5 Å². The minimum absolute atomic E-state index is 0. The van der Waals surface area contributed by atoms with E-state index >= 15 is 0 Å². The summed E-state index contributed by atoms with van der Waals surface area (Å²) in [5.74, 6) is 0.488. The fraction of sp³-hybridized carbons (Fsp3) is 0.556. The Morgan fingerprint density at radius 1 is 1.35 bits per heavy atom. The third-order valence-electron chi connectivity index (χ3n) is 5.08. The highest BCUT2D eigenvalue weighted by atomic mass is 35.5. The molecule has 3 N–H and O–H groups in total. The van der Waals surface area contributed by atoms with Gasteiger partial charge in [-0.05, 0) is 38.7 Å². The number of amides is 1. The van der Waals surface area contributed by atoms with Crippen LogP contribution in [0.25, 0.3) is 5.13 Å². The van der Waals surface area contributed by atoms with Gasteiger partial charge in [-0.15, -0.1) is 36.2 Å². The van der Waals surface area contributed by atoms with Crippen LogP contribution < -0.4 is 11.1 Å². The van der Waals surface area contributed by atoms with Crippen molar-refractivity contribution in [3.63, 3.8) is 0 Å². The average Bonchev–Trinajstić information content (AvgIpc) is 3.21. The molecule has 2 aromatic heterocycles. The second-order valence-corrected chi connectivity index (χ2v) is 7.52. The highest BCUT2D eigenvalue weighted by Gasteiger charge is 2.26. The number of aromatic nitrogens is 2. The number of hydrogen-bond donors (Lipinski definition) is 2. The van der Waals surface area contributed by atoms with E-state index in [4.69, 9.17) is 5.73 Å². The summed E-state index contributed by atoms with van der Waals surface area (Å²) in [6.07, 6.45) is 7.91. The number of aryl methyl sites for hydroxylation is 1. The SMILES string of the molecule is Cc1cc(C(=O)NC(CN)C2CCCCC2)c(C)n1-c1nccs1.Cl.Cl. The van der Waals surface area contributed by atoms with Gasteiger partial charge < -0.3 is 11.1 Å². The molecule has 0 spiro atoms. The number of halogens is 2. The summed E-state index contributed by atoms with van der Waals surface area (Å²) in [5.41, 5.74) is 8.62. The van der Waals surface area contributed by atoms with E-state index in [-0.39, 0.29) is 36.8 Å². The van der Waals surface area contributed by atoms with Gasteiger partial charge in [0.2, 0.25) is 0 Å². The molecule has 0 bridgehead atoms. The highest BCUT2D eigenvalue weighted by molar-refractivity contribution is 7.12. The average molecular weight is 419 g/mol. The van der Waals surface area contributed by atoms with Crippen LogP contribution in [0.1, 0.15) is 53.8 Å². The van der Waals surface area contributed by atoms with Crippen molar-refractivity contribution >= 4 is 42.1 Å². The summed E-state index contributed by atoms with van der Waals surface area (Å²) < 4.78 is 2.04. The molecule has 26 heavy (non-hydrogen) atoms. The van der Waals surface area contributed by atoms with Crippen LogP contribution in [-0.4, -0.2) is 28.0 Å². The maximum atomic E-state index is 12.8. The molecule has 2 heterocycles. The third-order valence-corrected chi connectivity index (χ3v) is 5.83. The summed E-state index contributed by atoms with van der Waals surface area (Å²) in [5, 5.41) is 6.03. The fourth-order valence-electron chi connectivity index (χ4n) is 3.77. The van der Waals surface area contributed by atoms with Crippen molar-refractivity contribution in [3.05, 3.63) is 34.6 Å². The lowest BCUT2D eigenvalue weighted by Gasteiger charge is -2.30. The molecule has 5 nitrogen and oxygen atoms in total. The molecule has 1 fully saturated rings. The highest BCUT2D eigenvalue weighted by Crippen LogP contribution is 2.27. The molecule has 8 heteroatoms. The molecule has 0 radical (unpaired) electrons. The molecule has 2 aromatic rings. The summed E-state index contributed by atoms with van der Waals surface area (Å²) >= 11 is 1.57. The summed E-state index contributed by atoms with van der Waals surface area (Å²) in [6.45, 7) is 4.48. The van der Waals surface area contributed by atoms with Gasteiger partial charge in [0.15, 0.2) is 5.13 Å². The molecule has 0 aromatic carbocycles. The van der Waals surface area contributed by atoms with Gasteiger partial charge in [0.05, 0.1) is 5.56 Å². The van der Waals surface area contributed by atoms with Crippen LogP contribution in [0.2, 0.25) is 0 Å². The zero-order chi connectivity index (χ0) is 17.1. The minimum Gasteiger partial charge on any atom is -0.348 e. The van der Waals surface area contributed by atoms with Crippen molar-refractivity contribution in [2.45, 2.75) is 52.0 Å². The summed E-state index contributed by atoms with van der Waals surface area (Å²) in [6, 6.07) is 2.02. The molecule has 0 saturated heterocycles. The van der Waals surface area contributed by atoms with Gasteiger partial charge in [0.1, 0.15) is 0 Å². The number of hydrogen-bond acceptors (Lipinski definition) is 4. The molecule has 0 aliphatic heterocycles. The molecule has 1 aliphatic carbocycles. The lowest BCUT2D eigenvalue weighted by molar-refractivity contribution is 0.0915. The number of nitrogens with one attached hydrogen (secondary N) is 1. The summed E-state index contributed by atoms with van der Waals surface area (Å²) in [4.78, 5) is 17.2. The Labute approximate surface area is 171 Å². The van der Waals surface area contributed by atoms with E-state index in [1.807, 2.05) is 29.9 Å². The number of nitrogens with zero attached hydrogens (tertiary/aromatic N) is 2. The number of nitrogens with two attached hydrogens (primary N) is 1. The van der Waals surface area contributed by atoms with Crippen LogP contribution in [0, 0.1) is 19.8 Å². The topological polar surface area (TPSA) is 72.9 Å². The first-order valence-corrected chi connectivity index (χ1v) is 9.59. The second kappa shape index (κ2) is 10.3. The maximum Gasteiger partial charge on any atom is 0.253 e. The quantitative estimate of drug-likeness (QED) is 0.769. The number of rotatable bonds is 5. The van der Waals surface area contributed by atoms with Gasteiger partial charge in [-0.1, -0.05) is 19.3 Å². The predicted molar refractivity (Wildman–Crippen MR) is 112 cm³/mol. The number of carbonyl (C=O) groups excluding carboxylic acids is 1. The first kappa shape index (κ1) is 23.0. The standard InChI is InChI=1S/C18H26N4OS.2ClH/c1-12-10-15(13(2)22(12)18-20-8-9-24-18)17(23)21-16(11-19)14-6-4-3-5-7-14;;/h8-10,14,16H,3-7,11,19H2,1-2H3,(H,21,23);2*1H. The van der Waals surface area contributed by atoms with Gasteiger partial charge in [-0.3, -0.25) is 9.36 Å². The van der Waals surface area contributed by atoms with Crippen molar-refractivity contribution in [1.82, 2.24) is 14.9 Å². The normalized spacial score (nSPS) is 15.7. The largest absolute Gasteiger partial charge is 0.348 e. The van der Waals surface area contributed by atoms with E-state index in [1.54, 1.807) is 17.5 Å². The van der Waals surface area contributed by atoms with Crippen LogP contribution >= 0.6 is 36.2 Å². The van der Waals surface area contributed by atoms with Gasteiger partial charge >= 0.3 is 0 Å². The molecular formula is C18H28Cl2N4OS. The molecule has 3 rings (SSSR count). The van der Waals surface area contributed by atoms with Gasteiger partial charge in [-0.2, -0.15) is 0 Å². The predicted octanol–water partition coefficient (Wildman–Crippen LogP) is 4.03. The zero-order valence-electron chi connectivity index (χ0n) is 15.2. The van der Waals surface area contributed by atoms with Crippen LogP contribution in [-0.2, 0) is 0 Å². The second-order valence-electron chi connectivity index (χ2n) is 6.65. The van der Waals surface area contributed by atoms with E-state index in [0.717, 1.165) is 22.1 Å². The van der Waals surface area contributed by atoms with Gasteiger partial charge in [-0.25, -0.2) is 4.98 Å². The molecular weight excluding hydrogens is 391 g/mol. The van der Waals surface area contributed by atoms with E-state index in [2.05, 4.69) is 10.3 Å². The molecule has 1 saturated carbocycles. The van der Waals surface area contributed by atoms with Crippen molar-refractivity contribution in [2.24, 2.45) is 11.7 Å². The molecule has 1 amide bonds. The molecule has 146 valence electrons. The summed E-state index contributed by atoms with van der Waals surface area (Å²) in [7, 11) is 0. The maximum absolute atomic E-state index is 12.8. The zero-order valence-corrected chi connectivity index (χ0v) is 17.7. The van der Waals surface area contributed by atoms with E-state index in [1.165, 1.54) is 32.1 Å². The Morgan fingerprint density at radius 3 is 2.62 bits per heavy atom. The van der Waals surface area contributed by atoms with E-state index in [9.17, 15) is 4.79 Å². The smallest absolute Gasteiger partial charge is 0.253 e. The minimum atomic E-state index is -0.0214. The van der Waals surface area contributed by atoms with Crippen LogP contribution in [0.4, 0.5) is 0 Å². The van der Waals surface area contributed by atoms with Crippen molar-refractivity contribution in [1.29, 1.82) is 0 Å². The van der Waals surface area contributed by atoms with Crippen molar-refractivity contribution in [3.8, 4) is 5.13 Å². The molecule has 1 aliphatic rings. The van der Waals surface area contributed by atoms with Crippen molar-refractivity contribution in [2.75, 3.05) is 6.54 Å². The number of thiazole rings is 1. The Balaban J connectivity index is 0.00000169. The van der Waals surface area contributed by atoms with Crippen LogP contribution in [0.15, 0.2) is 17.6 Å². The Bertz CT molecular complexity index is 696. The fourth-order valence-corrected chi connectivity index (χ4v) is 4.52. The van der Waals surface area contributed by atoms with Crippen LogP contribution in [0.5, 0.6) is 0 Å². The van der Waals surface area contributed by atoms with Gasteiger partial charge in [0, 0.05) is 35.6 Å². The van der Waals surface area contributed by atoms with Crippen LogP contribution in [0.3, 0.4) is 0 Å². The van der Waals surface area contributed by atoms with Gasteiger partial charge in [0.25, 0.3) is 5.91 Å². The number of carbonyl (C=O) groups is 1. The first-order chi connectivity index (χ1) is 11.6. The van der Waals surface area contributed by atoms with Crippen molar-refractivity contribution < 1.29 is 4.79 Å². The Hall–Kier alpha value is -1.08. The lowest BCUT2D eigenvalue weighted by Crippen LogP contribution is -2.46. The lowest BCUT2D eigenvalue weighted by atomic mass is 9.84. The molecule has 1 unspecified atom stereocenters. The first-order valence-electron chi connectivity index (χ1n) is 8.71. The monoisotopic (exact) mass is 418 g/mol. The Morgan fingerprint density at radius 2 is 2.04 bits per heavy atom. The Kier molecular flexibility index (Phi) is 9.10. The van der Waals surface area contributed by atoms with E-state index < -0.39 is 0 Å². The molecule has 1 atom stereocenters.